The number of hydrogen-bond acceptors (Lipinski definition) is 6. The maximum atomic E-state index is 11.4. The Morgan fingerprint density at radius 3 is 2.67 bits per heavy atom. The van der Waals surface area contributed by atoms with Gasteiger partial charge in [-0.1, -0.05) is 13.8 Å². The lowest BCUT2D eigenvalue weighted by Crippen LogP contribution is -2.22. The highest BCUT2D eigenvalue weighted by atomic mass is 16.5. The van der Waals surface area contributed by atoms with Crippen LogP contribution in [-0.4, -0.2) is 45.4 Å². The molecule has 1 heterocycles. The molecule has 0 aliphatic rings. The van der Waals surface area contributed by atoms with Crippen molar-refractivity contribution in [3.05, 3.63) is 12.4 Å². The maximum Gasteiger partial charge on any atom is 0.232 e. The van der Waals surface area contributed by atoms with Gasteiger partial charge in [0.05, 0.1) is 19.0 Å². The van der Waals surface area contributed by atoms with E-state index in [1.54, 1.807) is 13.8 Å². The highest BCUT2D eigenvalue weighted by molar-refractivity contribution is 5.90. The van der Waals surface area contributed by atoms with Crippen LogP contribution in [0.3, 0.4) is 0 Å². The number of aliphatic hydroxyl groups excluding tert-OH is 2. The first-order valence-electron chi connectivity index (χ1n) is 5.57. The van der Waals surface area contributed by atoms with E-state index in [0.717, 1.165) is 0 Å². The average Bonchev–Trinajstić information content (AvgIpc) is 2.37. The Morgan fingerprint density at radius 2 is 2.17 bits per heavy atom. The molecule has 7 heteroatoms. The molecule has 0 radical (unpaired) electrons. The fourth-order valence-electron chi connectivity index (χ4n) is 0.960. The third-order valence-corrected chi connectivity index (χ3v) is 2.04. The molecular formula is C11H17N3O4. The number of nitrogens with zero attached hydrogens (tertiary/aromatic N) is 2. The molecule has 0 aromatic carbocycles. The molecule has 18 heavy (non-hydrogen) atoms. The summed E-state index contributed by atoms with van der Waals surface area (Å²) < 4.78 is 5.07. The number of hydrogen-bond donors (Lipinski definition) is 3. The summed E-state index contributed by atoms with van der Waals surface area (Å²) >= 11 is 0. The van der Waals surface area contributed by atoms with E-state index in [0.29, 0.717) is 5.82 Å². The lowest BCUT2D eigenvalue weighted by molar-refractivity contribution is -0.118. The number of rotatable bonds is 6. The first kappa shape index (κ1) is 14.3. The van der Waals surface area contributed by atoms with Gasteiger partial charge >= 0.3 is 0 Å². The summed E-state index contributed by atoms with van der Waals surface area (Å²) in [6, 6.07) is 0. The minimum atomic E-state index is -0.952. The molecule has 1 aromatic heterocycles. The van der Waals surface area contributed by atoms with Gasteiger partial charge in [0.15, 0.2) is 5.82 Å². The lowest BCUT2D eigenvalue weighted by Gasteiger charge is -2.09. The predicted molar refractivity (Wildman–Crippen MR) is 64.1 cm³/mol. The molecule has 0 bridgehead atoms. The Hall–Kier alpha value is -1.73. The van der Waals surface area contributed by atoms with Crippen LogP contribution in [0.4, 0.5) is 5.82 Å². The summed E-state index contributed by atoms with van der Waals surface area (Å²) in [7, 11) is 0. The topological polar surface area (TPSA) is 105 Å². The highest BCUT2D eigenvalue weighted by Crippen LogP contribution is 2.08. The van der Waals surface area contributed by atoms with Gasteiger partial charge in [0.2, 0.25) is 11.8 Å². The first-order chi connectivity index (χ1) is 8.52. The second-order valence-corrected chi connectivity index (χ2v) is 4.03. The summed E-state index contributed by atoms with van der Waals surface area (Å²) in [5.41, 5.74) is 0. The maximum absolute atomic E-state index is 11.4. The van der Waals surface area contributed by atoms with Gasteiger partial charge in [-0.15, -0.1) is 0 Å². The quantitative estimate of drug-likeness (QED) is 0.650. The van der Waals surface area contributed by atoms with Gasteiger partial charge in [-0.3, -0.25) is 4.79 Å². The second-order valence-electron chi connectivity index (χ2n) is 4.03. The molecule has 100 valence electrons. The number of anilines is 1. The van der Waals surface area contributed by atoms with Crippen LogP contribution in [0.5, 0.6) is 5.88 Å². The van der Waals surface area contributed by atoms with Crippen LogP contribution in [-0.2, 0) is 4.79 Å². The van der Waals surface area contributed by atoms with E-state index < -0.39 is 6.10 Å². The SMILES string of the molecule is CC(C)C(=O)Nc1cnc(OC[C@H](O)CO)cn1. The first-order valence-corrected chi connectivity index (χ1v) is 5.57. The second kappa shape index (κ2) is 6.87. The Bertz CT molecular complexity index is 380. The summed E-state index contributed by atoms with van der Waals surface area (Å²) in [4.78, 5) is 19.2. The fraction of sp³-hybridized carbons (Fsp3) is 0.545. The van der Waals surface area contributed by atoms with Gasteiger partial charge in [0.1, 0.15) is 12.7 Å². The van der Waals surface area contributed by atoms with Crippen molar-refractivity contribution >= 4 is 11.7 Å². The van der Waals surface area contributed by atoms with Gasteiger partial charge < -0.3 is 20.3 Å². The molecule has 1 atom stereocenters. The zero-order chi connectivity index (χ0) is 13.5. The van der Waals surface area contributed by atoms with Crippen molar-refractivity contribution in [2.24, 2.45) is 5.92 Å². The molecule has 3 N–H and O–H groups in total. The summed E-state index contributed by atoms with van der Waals surface area (Å²) in [6.45, 7) is 3.10. The molecule has 1 rings (SSSR count). The van der Waals surface area contributed by atoms with Gasteiger partial charge in [-0.25, -0.2) is 9.97 Å². The van der Waals surface area contributed by atoms with Crippen LogP contribution >= 0.6 is 0 Å². The Kier molecular flexibility index (Phi) is 5.47. The lowest BCUT2D eigenvalue weighted by atomic mass is 10.2. The van der Waals surface area contributed by atoms with E-state index in [9.17, 15) is 4.79 Å². The molecule has 0 aliphatic heterocycles. The van der Waals surface area contributed by atoms with E-state index in [2.05, 4.69) is 15.3 Å². The molecule has 7 nitrogen and oxygen atoms in total. The zero-order valence-corrected chi connectivity index (χ0v) is 10.3. The van der Waals surface area contributed by atoms with E-state index in [1.165, 1.54) is 12.4 Å². The number of aromatic nitrogens is 2. The summed E-state index contributed by atoms with van der Waals surface area (Å²) in [5.74, 6) is 0.268. The third-order valence-electron chi connectivity index (χ3n) is 2.04. The van der Waals surface area contributed by atoms with Crippen LogP contribution in [0.25, 0.3) is 0 Å². The van der Waals surface area contributed by atoms with Crippen molar-refractivity contribution in [1.29, 1.82) is 0 Å². The van der Waals surface area contributed by atoms with E-state index in [1.807, 2.05) is 0 Å². The average molecular weight is 255 g/mol. The number of carbonyl (C=O) groups is 1. The largest absolute Gasteiger partial charge is 0.474 e. The third kappa shape index (κ3) is 4.64. The highest BCUT2D eigenvalue weighted by Gasteiger charge is 2.08. The Labute approximate surface area is 105 Å². The molecule has 0 saturated carbocycles. The molecule has 0 unspecified atom stereocenters. The van der Waals surface area contributed by atoms with Crippen molar-refractivity contribution < 1.29 is 19.7 Å². The van der Waals surface area contributed by atoms with Crippen LogP contribution in [0.15, 0.2) is 12.4 Å². The summed E-state index contributed by atoms with van der Waals surface area (Å²) in [5, 5.41) is 20.3. The minimum absolute atomic E-state index is 0.0666. The van der Waals surface area contributed by atoms with Crippen molar-refractivity contribution in [3.63, 3.8) is 0 Å². The number of nitrogens with one attached hydrogen (secondary N) is 1. The number of aliphatic hydroxyl groups is 2. The summed E-state index contributed by atoms with van der Waals surface area (Å²) in [6.07, 6.45) is 1.74. The minimum Gasteiger partial charge on any atom is -0.474 e. The van der Waals surface area contributed by atoms with Gasteiger partial charge in [0, 0.05) is 5.92 Å². The molecule has 0 spiro atoms. The predicted octanol–water partition coefficient (Wildman–Crippen LogP) is -0.197. The molecule has 1 aromatic rings. The normalized spacial score (nSPS) is 12.3. The molecule has 0 saturated heterocycles. The Morgan fingerprint density at radius 1 is 1.44 bits per heavy atom. The monoisotopic (exact) mass is 255 g/mol. The molecule has 1 amide bonds. The van der Waals surface area contributed by atoms with Crippen LogP contribution in [0.1, 0.15) is 13.8 Å². The van der Waals surface area contributed by atoms with Crippen LogP contribution < -0.4 is 10.1 Å². The standard InChI is InChI=1S/C11H17N3O4/c1-7(2)11(17)14-9-3-13-10(4-12-9)18-6-8(16)5-15/h3-4,7-8,15-16H,5-6H2,1-2H3,(H,12,14,17)/t8-/m1/s1. The molecule has 0 aliphatic carbocycles. The van der Waals surface area contributed by atoms with Crippen LogP contribution in [0.2, 0.25) is 0 Å². The number of carbonyl (C=O) groups excluding carboxylic acids is 1. The van der Waals surface area contributed by atoms with Gasteiger partial charge in [-0.05, 0) is 0 Å². The number of amides is 1. The van der Waals surface area contributed by atoms with Crippen molar-refractivity contribution in [3.8, 4) is 5.88 Å². The smallest absolute Gasteiger partial charge is 0.232 e. The van der Waals surface area contributed by atoms with E-state index in [4.69, 9.17) is 14.9 Å². The van der Waals surface area contributed by atoms with E-state index >= 15 is 0 Å². The van der Waals surface area contributed by atoms with Crippen molar-refractivity contribution in [2.75, 3.05) is 18.5 Å². The van der Waals surface area contributed by atoms with Crippen LogP contribution in [0, 0.1) is 5.92 Å². The zero-order valence-electron chi connectivity index (χ0n) is 10.3. The number of ether oxygens (including phenoxy) is 1. The van der Waals surface area contributed by atoms with E-state index in [-0.39, 0.29) is 30.9 Å². The van der Waals surface area contributed by atoms with Gasteiger partial charge in [0.25, 0.3) is 0 Å². The molecular weight excluding hydrogens is 238 g/mol. The van der Waals surface area contributed by atoms with Gasteiger partial charge in [-0.2, -0.15) is 0 Å². The fourth-order valence-corrected chi connectivity index (χ4v) is 0.960. The van der Waals surface area contributed by atoms with Crippen molar-refractivity contribution in [1.82, 2.24) is 9.97 Å². The van der Waals surface area contributed by atoms with Crippen molar-refractivity contribution in [2.45, 2.75) is 20.0 Å². The molecule has 0 fully saturated rings. The Balaban J connectivity index is 2.50.